The van der Waals surface area contributed by atoms with Gasteiger partial charge in [-0.2, -0.15) is 0 Å². The molecule has 1 nitrogen and oxygen atoms in total. The molecule has 0 aromatic heterocycles. The SMILES string of the molecule is CCNC1c2ccccc2C=Cc2ccccc21.Cl. The lowest BCUT2D eigenvalue weighted by atomic mass is 9.94. The van der Waals surface area contributed by atoms with Gasteiger partial charge in [0, 0.05) is 0 Å². The standard InChI is InChI=1S/C17H17N.ClH/c1-2-18-17-15-9-5-3-7-13(15)11-12-14-8-4-6-10-16(14)17;/h3-12,17-18H,2H2,1H3;1H. The van der Waals surface area contributed by atoms with Crippen LogP contribution in [0.1, 0.15) is 35.2 Å². The van der Waals surface area contributed by atoms with Crippen molar-refractivity contribution in [3.63, 3.8) is 0 Å². The highest BCUT2D eigenvalue weighted by Crippen LogP contribution is 2.32. The fraction of sp³-hybridized carbons (Fsp3) is 0.176. The Morgan fingerprint density at radius 3 is 1.79 bits per heavy atom. The molecule has 1 aliphatic rings. The van der Waals surface area contributed by atoms with Crippen molar-refractivity contribution in [1.29, 1.82) is 0 Å². The number of fused-ring (bicyclic) bond motifs is 2. The van der Waals surface area contributed by atoms with E-state index in [1.165, 1.54) is 22.3 Å². The van der Waals surface area contributed by atoms with Crippen LogP contribution < -0.4 is 5.32 Å². The summed E-state index contributed by atoms with van der Waals surface area (Å²) in [6, 6.07) is 17.5. The molecule has 0 aliphatic heterocycles. The first kappa shape index (κ1) is 13.9. The Bertz CT molecular complexity index is 540. The van der Waals surface area contributed by atoms with Crippen molar-refractivity contribution in [2.45, 2.75) is 13.0 Å². The maximum absolute atomic E-state index is 3.60. The summed E-state index contributed by atoms with van der Waals surface area (Å²) >= 11 is 0. The molecule has 0 heterocycles. The van der Waals surface area contributed by atoms with E-state index < -0.39 is 0 Å². The van der Waals surface area contributed by atoms with E-state index in [9.17, 15) is 0 Å². The largest absolute Gasteiger partial charge is 0.306 e. The molecule has 19 heavy (non-hydrogen) atoms. The molecule has 1 aliphatic carbocycles. The number of hydrogen-bond acceptors (Lipinski definition) is 1. The molecule has 2 heteroatoms. The minimum Gasteiger partial charge on any atom is -0.306 e. The lowest BCUT2D eigenvalue weighted by Gasteiger charge is -2.21. The van der Waals surface area contributed by atoms with Crippen LogP contribution in [0, 0.1) is 0 Å². The van der Waals surface area contributed by atoms with Gasteiger partial charge in [0.05, 0.1) is 6.04 Å². The Labute approximate surface area is 120 Å². The van der Waals surface area contributed by atoms with Crippen molar-refractivity contribution in [1.82, 2.24) is 5.32 Å². The van der Waals surface area contributed by atoms with Crippen LogP contribution in [0.3, 0.4) is 0 Å². The monoisotopic (exact) mass is 271 g/mol. The molecule has 3 rings (SSSR count). The van der Waals surface area contributed by atoms with Crippen molar-refractivity contribution in [2.24, 2.45) is 0 Å². The van der Waals surface area contributed by atoms with E-state index in [0.29, 0.717) is 0 Å². The van der Waals surface area contributed by atoms with Gasteiger partial charge in [-0.05, 0) is 28.8 Å². The molecule has 0 saturated carbocycles. The summed E-state index contributed by atoms with van der Waals surface area (Å²) in [6.45, 7) is 3.12. The summed E-state index contributed by atoms with van der Waals surface area (Å²) in [5.74, 6) is 0. The van der Waals surface area contributed by atoms with Gasteiger partial charge in [0.15, 0.2) is 0 Å². The fourth-order valence-corrected chi connectivity index (χ4v) is 2.62. The number of rotatable bonds is 2. The number of halogens is 1. The number of benzene rings is 2. The van der Waals surface area contributed by atoms with Crippen LogP contribution >= 0.6 is 12.4 Å². The Morgan fingerprint density at radius 2 is 1.32 bits per heavy atom. The molecule has 0 atom stereocenters. The van der Waals surface area contributed by atoms with E-state index in [-0.39, 0.29) is 18.4 Å². The molecular formula is C17H18ClN. The molecule has 0 fully saturated rings. The van der Waals surface area contributed by atoms with E-state index >= 15 is 0 Å². The summed E-state index contributed by atoms with van der Waals surface area (Å²) in [4.78, 5) is 0. The van der Waals surface area contributed by atoms with Crippen LogP contribution in [0.2, 0.25) is 0 Å². The zero-order valence-corrected chi connectivity index (χ0v) is 11.8. The highest BCUT2D eigenvalue weighted by Gasteiger charge is 2.19. The highest BCUT2D eigenvalue weighted by molar-refractivity contribution is 5.85. The molecule has 0 amide bonds. The van der Waals surface area contributed by atoms with E-state index in [1.807, 2.05) is 0 Å². The van der Waals surface area contributed by atoms with E-state index in [2.05, 4.69) is 72.9 Å². The fourth-order valence-electron chi connectivity index (χ4n) is 2.62. The second-order valence-electron chi connectivity index (χ2n) is 4.58. The quantitative estimate of drug-likeness (QED) is 0.859. The summed E-state index contributed by atoms with van der Waals surface area (Å²) in [5.41, 5.74) is 5.33. The predicted molar refractivity (Wildman–Crippen MR) is 84.6 cm³/mol. The van der Waals surface area contributed by atoms with Gasteiger partial charge in [0.1, 0.15) is 0 Å². The van der Waals surface area contributed by atoms with Crippen LogP contribution in [0.4, 0.5) is 0 Å². The Balaban J connectivity index is 0.00000133. The molecule has 2 aromatic rings. The predicted octanol–water partition coefficient (Wildman–Crippen LogP) is 4.29. The van der Waals surface area contributed by atoms with Gasteiger partial charge >= 0.3 is 0 Å². The topological polar surface area (TPSA) is 12.0 Å². The molecule has 0 unspecified atom stereocenters. The van der Waals surface area contributed by atoms with Crippen molar-refractivity contribution >= 4 is 24.6 Å². The van der Waals surface area contributed by atoms with E-state index in [0.717, 1.165) is 6.54 Å². The molecule has 0 spiro atoms. The smallest absolute Gasteiger partial charge is 0.0588 e. The van der Waals surface area contributed by atoms with Gasteiger partial charge in [0.2, 0.25) is 0 Å². The van der Waals surface area contributed by atoms with Gasteiger partial charge < -0.3 is 5.32 Å². The van der Waals surface area contributed by atoms with E-state index in [4.69, 9.17) is 0 Å². The Morgan fingerprint density at radius 1 is 0.842 bits per heavy atom. The first-order chi connectivity index (χ1) is 8.90. The third kappa shape index (κ3) is 2.58. The van der Waals surface area contributed by atoms with Gasteiger partial charge in [-0.1, -0.05) is 67.6 Å². The average Bonchev–Trinajstić information content (AvgIpc) is 2.58. The van der Waals surface area contributed by atoms with Gasteiger partial charge in [-0.3, -0.25) is 0 Å². The minimum absolute atomic E-state index is 0. The summed E-state index contributed by atoms with van der Waals surface area (Å²) in [7, 11) is 0. The summed E-state index contributed by atoms with van der Waals surface area (Å²) in [6.07, 6.45) is 4.43. The zero-order chi connectivity index (χ0) is 12.4. The molecule has 1 N–H and O–H groups in total. The van der Waals surface area contributed by atoms with Crippen LogP contribution in [-0.2, 0) is 0 Å². The normalized spacial score (nSPS) is 13.1. The van der Waals surface area contributed by atoms with Crippen molar-refractivity contribution < 1.29 is 0 Å². The third-order valence-electron chi connectivity index (χ3n) is 3.46. The average molecular weight is 272 g/mol. The number of hydrogen-bond donors (Lipinski definition) is 1. The first-order valence-corrected chi connectivity index (χ1v) is 6.49. The summed E-state index contributed by atoms with van der Waals surface area (Å²) < 4.78 is 0. The van der Waals surface area contributed by atoms with Crippen molar-refractivity contribution in [3.8, 4) is 0 Å². The van der Waals surface area contributed by atoms with Crippen molar-refractivity contribution in [3.05, 3.63) is 70.8 Å². The van der Waals surface area contributed by atoms with Crippen LogP contribution in [0.15, 0.2) is 48.5 Å². The first-order valence-electron chi connectivity index (χ1n) is 6.49. The maximum Gasteiger partial charge on any atom is 0.0588 e. The molecule has 2 aromatic carbocycles. The van der Waals surface area contributed by atoms with Gasteiger partial charge in [-0.25, -0.2) is 0 Å². The third-order valence-corrected chi connectivity index (χ3v) is 3.46. The lowest BCUT2D eigenvalue weighted by molar-refractivity contribution is 0.630. The molecule has 0 saturated heterocycles. The van der Waals surface area contributed by atoms with Gasteiger partial charge in [0.25, 0.3) is 0 Å². The van der Waals surface area contributed by atoms with E-state index in [1.54, 1.807) is 0 Å². The molecular weight excluding hydrogens is 254 g/mol. The molecule has 0 radical (unpaired) electrons. The highest BCUT2D eigenvalue weighted by atomic mass is 35.5. The lowest BCUT2D eigenvalue weighted by Crippen LogP contribution is -2.22. The summed E-state index contributed by atoms with van der Waals surface area (Å²) in [5, 5.41) is 3.60. The Kier molecular flexibility index (Phi) is 4.41. The second kappa shape index (κ2) is 6.05. The zero-order valence-electron chi connectivity index (χ0n) is 11.0. The van der Waals surface area contributed by atoms with Crippen LogP contribution in [0.5, 0.6) is 0 Å². The van der Waals surface area contributed by atoms with Crippen molar-refractivity contribution in [2.75, 3.05) is 6.54 Å². The van der Waals surface area contributed by atoms with Gasteiger partial charge in [-0.15, -0.1) is 12.4 Å². The molecule has 98 valence electrons. The second-order valence-corrected chi connectivity index (χ2v) is 4.58. The molecule has 0 bridgehead atoms. The Hall–Kier alpha value is -1.57. The minimum atomic E-state index is 0. The maximum atomic E-state index is 3.60. The number of nitrogens with one attached hydrogen (secondary N) is 1. The van der Waals surface area contributed by atoms with Crippen LogP contribution in [0.25, 0.3) is 12.2 Å². The van der Waals surface area contributed by atoms with Crippen LogP contribution in [-0.4, -0.2) is 6.54 Å².